The number of nitrogens with one attached hydrogen (secondary N) is 1. The summed E-state index contributed by atoms with van der Waals surface area (Å²) in [5, 5.41) is 3.28. The molecule has 0 saturated heterocycles. The molecule has 16 heavy (non-hydrogen) atoms. The SMILES string of the molecule is CCCCOC(=O)CN[C@H](C)C1CCCC1. The first kappa shape index (κ1) is 13.5. The maximum absolute atomic E-state index is 11.4. The van der Waals surface area contributed by atoms with Crippen molar-refractivity contribution in [1.82, 2.24) is 5.32 Å². The van der Waals surface area contributed by atoms with Gasteiger partial charge in [0.15, 0.2) is 0 Å². The van der Waals surface area contributed by atoms with E-state index in [9.17, 15) is 4.79 Å². The molecule has 1 atom stereocenters. The number of esters is 1. The van der Waals surface area contributed by atoms with Crippen LogP contribution in [0.5, 0.6) is 0 Å². The molecule has 0 radical (unpaired) electrons. The molecular weight excluding hydrogens is 202 g/mol. The molecule has 94 valence electrons. The van der Waals surface area contributed by atoms with Gasteiger partial charge < -0.3 is 10.1 Å². The van der Waals surface area contributed by atoms with Crippen LogP contribution in [-0.4, -0.2) is 25.2 Å². The minimum Gasteiger partial charge on any atom is -0.465 e. The molecule has 1 N–H and O–H groups in total. The highest BCUT2D eigenvalue weighted by molar-refractivity contribution is 5.71. The summed E-state index contributed by atoms with van der Waals surface area (Å²) in [4.78, 5) is 11.4. The molecule has 0 spiro atoms. The fourth-order valence-electron chi connectivity index (χ4n) is 2.25. The molecule has 3 heteroatoms. The highest BCUT2D eigenvalue weighted by Crippen LogP contribution is 2.27. The van der Waals surface area contributed by atoms with Gasteiger partial charge in [0.05, 0.1) is 13.2 Å². The van der Waals surface area contributed by atoms with Crippen molar-refractivity contribution in [3.05, 3.63) is 0 Å². The Kier molecular flexibility index (Phi) is 6.46. The summed E-state index contributed by atoms with van der Waals surface area (Å²) in [5.41, 5.74) is 0. The molecular formula is C13H25NO2. The van der Waals surface area contributed by atoms with Crippen LogP contribution < -0.4 is 5.32 Å². The second-order valence-electron chi connectivity index (χ2n) is 4.79. The molecule has 0 aromatic rings. The van der Waals surface area contributed by atoms with Crippen molar-refractivity contribution in [2.75, 3.05) is 13.2 Å². The van der Waals surface area contributed by atoms with E-state index in [1.165, 1.54) is 25.7 Å². The lowest BCUT2D eigenvalue weighted by atomic mass is 10.00. The number of rotatable bonds is 7. The molecule has 1 saturated carbocycles. The summed E-state index contributed by atoms with van der Waals surface area (Å²) in [5.74, 6) is 0.640. The lowest BCUT2D eigenvalue weighted by Crippen LogP contribution is -2.36. The minimum absolute atomic E-state index is 0.113. The Morgan fingerprint density at radius 2 is 2.12 bits per heavy atom. The lowest BCUT2D eigenvalue weighted by molar-refractivity contribution is -0.142. The summed E-state index contributed by atoms with van der Waals surface area (Å²) in [6.07, 6.45) is 7.33. The monoisotopic (exact) mass is 227 g/mol. The molecule has 1 rings (SSSR count). The van der Waals surface area contributed by atoms with E-state index >= 15 is 0 Å². The standard InChI is InChI=1S/C13H25NO2/c1-3-4-9-16-13(15)10-14-11(2)12-7-5-6-8-12/h11-12,14H,3-10H2,1-2H3/t11-/m1/s1. The van der Waals surface area contributed by atoms with Crippen LogP contribution in [-0.2, 0) is 9.53 Å². The van der Waals surface area contributed by atoms with Crippen molar-refractivity contribution < 1.29 is 9.53 Å². The molecule has 0 aromatic carbocycles. The van der Waals surface area contributed by atoms with E-state index in [4.69, 9.17) is 4.74 Å². The molecule has 1 aliphatic rings. The van der Waals surface area contributed by atoms with Gasteiger partial charge in [0.1, 0.15) is 0 Å². The number of ether oxygens (including phenoxy) is 1. The third kappa shape index (κ3) is 4.97. The first-order valence-electron chi connectivity index (χ1n) is 6.63. The van der Waals surface area contributed by atoms with Gasteiger partial charge in [-0.25, -0.2) is 0 Å². The summed E-state index contributed by atoms with van der Waals surface area (Å²) >= 11 is 0. The van der Waals surface area contributed by atoms with Gasteiger partial charge in [-0.2, -0.15) is 0 Å². The summed E-state index contributed by atoms with van der Waals surface area (Å²) in [6, 6.07) is 0.446. The van der Waals surface area contributed by atoms with Crippen molar-refractivity contribution in [2.45, 2.75) is 58.4 Å². The average Bonchev–Trinajstić information content (AvgIpc) is 2.79. The van der Waals surface area contributed by atoms with Gasteiger partial charge in [0, 0.05) is 6.04 Å². The first-order valence-corrected chi connectivity index (χ1v) is 6.63. The topological polar surface area (TPSA) is 38.3 Å². The summed E-state index contributed by atoms with van der Waals surface area (Å²) in [7, 11) is 0. The molecule has 0 amide bonds. The van der Waals surface area contributed by atoms with Crippen molar-refractivity contribution in [3.8, 4) is 0 Å². The zero-order valence-corrected chi connectivity index (χ0v) is 10.6. The predicted molar refractivity (Wildman–Crippen MR) is 65.3 cm³/mol. The third-order valence-electron chi connectivity index (χ3n) is 3.44. The quantitative estimate of drug-likeness (QED) is 0.536. The first-order chi connectivity index (χ1) is 7.74. The van der Waals surface area contributed by atoms with Gasteiger partial charge in [-0.3, -0.25) is 4.79 Å². The van der Waals surface area contributed by atoms with E-state index in [-0.39, 0.29) is 5.97 Å². The second kappa shape index (κ2) is 7.66. The molecule has 0 aromatic heterocycles. The van der Waals surface area contributed by atoms with Crippen LogP contribution >= 0.6 is 0 Å². The Morgan fingerprint density at radius 3 is 2.75 bits per heavy atom. The van der Waals surface area contributed by atoms with Gasteiger partial charge in [-0.15, -0.1) is 0 Å². The van der Waals surface area contributed by atoms with Crippen molar-refractivity contribution in [2.24, 2.45) is 5.92 Å². The number of carbonyl (C=O) groups is 1. The number of hydrogen-bond acceptors (Lipinski definition) is 3. The highest BCUT2D eigenvalue weighted by Gasteiger charge is 2.21. The zero-order valence-electron chi connectivity index (χ0n) is 10.6. The maximum atomic E-state index is 11.4. The minimum atomic E-state index is -0.113. The Bertz CT molecular complexity index is 200. The Labute approximate surface area is 98.9 Å². The highest BCUT2D eigenvalue weighted by atomic mass is 16.5. The molecule has 0 heterocycles. The van der Waals surface area contributed by atoms with Crippen LogP contribution in [0.3, 0.4) is 0 Å². The number of unbranched alkanes of at least 4 members (excludes halogenated alkanes) is 1. The molecule has 3 nitrogen and oxygen atoms in total. The van der Waals surface area contributed by atoms with Gasteiger partial charge in [0.2, 0.25) is 0 Å². The van der Waals surface area contributed by atoms with Crippen LogP contribution in [0.2, 0.25) is 0 Å². The van der Waals surface area contributed by atoms with Crippen LogP contribution in [0.15, 0.2) is 0 Å². The Hall–Kier alpha value is -0.570. The Morgan fingerprint density at radius 1 is 1.44 bits per heavy atom. The molecule has 0 unspecified atom stereocenters. The van der Waals surface area contributed by atoms with Crippen LogP contribution in [0, 0.1) is 5.92 Å². The molecule has 0 bridgehead atoms. The fourth-order valence-corrected chi connectivity index (χ4v) is 2.25. The fraction of sp³-hybridized carbons (Fsp3) is 0.923. The third-order valence-corrected chi connectivity index (χ3v) is 3.44. The molecule has 1 fully saturated rings. The largest absolute Gasteiger partial charge is 0.465 e. The van der Waals surface area contributed by atoms with E-state index in [0.717, 1.165) is 18.8 Å². The molecule has 1 aliphatic carbocycles. The Balaban J connectivity index is 2.06. The van der Waals surface area contributed by atoms with E-state index in [1.54, 1.807) is 0 Å². The van der Waals surface area contributed by atoms with E-state index in [2.05, 4.69) is 19.2 Å². The van der Waals surface area contributed by atoms with E-state index in [1.807, 2.05) is 0 Å². The van der Waals surface area contributed by atoms with Gasteiger partial charge in [-0.1, -0.05) is 26.2 Å². The lowest BCUT2D eigenvalue weighted by Gasteiger charge is -2.19. The van der Waals surface area contributed by atoms with Gasteiger partial charge >= 0.3 is 5.97 Å². The van der Waals surface area contributed by atoms with Gasteiger partial charge in [0.25, 0.3) is 0 Å². The summed E-state index contributed by atoms with van der Waals surface area (Å²) in [6.45, 7) is 5.19. The zero-order chi connectivity index (χ0) is 11.8. The van der Waals surface area contributed by atoms with Crippen molar-refractivity contribution >= 4 is 5.97 Å². The average molecular weight is 227 g/mol. The van der Waals surface area contributed by atoms with E-state index in [0.29, 0.717) is 19.2 Å². The predicted octanol–water partition coefficient (Wildman–Crippen LogP) is 2.50. The van der Waals surface area contributed by atoms with Crippen LogP contribution in [0.25, 0.3) is 0 Å². The van der Waals surface area contributed by atoms with E-state index < -0.39 is 0 Å². The maximum Gasteiger partial charge on any atom is 0.319 e. The van der Waals surface area contributed by atoms with Crippen LogP contribution in [0.4, 0.5) is 0 Å². The number of hydrogen-bond donors (Lipinski definition) is 1. The molecule has 0 aliphatic heterocycles. The number of carbonyl (C=O) groups excluding carboxylic acids is 1. The van der Waals surface area contributed by atoms with Crippen molar-refractivity contribution in [3.63, 3.8) is 0 Å². The summed E-state index contributed by atoms with van der Waals surface area (Å²) < 4.78 is 5.09. The normalized spacial score (nSPS) is 18.6. The van der Waals surface area contributed by atoms with Crippen LogP contribution in [0.1, 0.15) is 52.4 Å². The van der Waals surface area contributed by atoms with Gasteiger partial charge in [-0.05, 0) is 32.1 Å². The second-order valence-corrected chi connectivity index (χ2v) is 4.79. The smallest absolute Gasteiger partial charge is 0.319 e. The van der Waals surface area contributed by atoms with Crippen molar-refractivity contribution in [1.29, 1.82) is 0 Å².